The Bertz CT molecular complexity index is 213. The van der Waals surface area contributed by atoms with Crippen molar-refractivity contribution in [1.82, 2.24) is 0 Å². The maximum atomic E-state index is 11.0. The quantitative estimate of drug-likeness (QED) is 0.276. The summed E-state index contributed by atoms with van der Waals surface area (Å²) < 4.78 is 9.42. The van der Waals surface area contributed by atoms with Crippen LogP contribution in [0.15, 0.2) is 12.7 Å². The molecule has 0 amide bonds. The normalized spacial score (nSPS) is 9.64. The minimum absolute atomic E-state index is 0.0401. The van der Waals surface area contributed by atoms with Crippen molar-refractivity contribution in [2.45, 2.75) is 0 Å². The summed E-state index contributed by atoms with van der Waals surface area (Å²) in [5.41, 5.74) is 0. The summed E-state index contributed by atoms with van der Waals surface area (Å²) in [7, 11) is 0.0401. The van der Waals surface area contributed by atoms with Crippen LogP contribution in [0.4, 0.5) is 0 Å². The summed E-state index contributed by atoms with van der Waals surface area (Å²) >= 11 is 0. The predicted molar refractivity (Wildman–Crippen MR) is 56.2 cm³/mol. The Kier molecular flexibility index (Phi) is 6.92. The van der Waals surface area contributed by atoms with E-state index in [4.69, 9.17) is 4.74 Å². The summed E-state index contributed by atoms with van der Waals surface area (Å²) in [6, 6.07) is 0. The number of carbonyl (C=O) groups is 2. The van der Waals surface area contributed by atoms with Gasteiger partial charge in [-0.05, 0) is 10.9 Å². The summed E-state index contributed by atoms with van der Waals surface area (Å²) in [6.45, 7) is 3.42. The van der Waals surface area contributed by atoms with E-state index in [0.717, 1.165) is 6.08 Å². The minimum Gasteiger partial charge on any atom is -0.459 e. The molecule has 0 rings (SSSR count). The number of esters is 2. The molecule has 0 unspecified atom stereocenters. The topological polar surface area (TPSA) is 52.6 Å². The maximum absolute atomic E-state index is 11.0. The smallest absolute Gasteiger partial charge is 0.356 e. The van der Waals surface area contributed by atoms with E-state index in [-0.39, 0.29) is 30.1 Å². The second-order valence-electron chi connectivity index (χ2n) is 2.72. The summed E-state index contributed by atoms with van der Waals surface area (Å²) in [4.78, 5) is 21.5. The molecule has 0 aliphatic carbocycles. The van der Waals surface area contributed by atoms with E-state index in [1.807, 2.05) is 12.5 Å². The fourth-order valence-electron chi connectivity index (χ4n) is 0.634. The SMILES string of the molecule is C=CC(=O)OCCOC(=O)C[S+](C)C. The third-order valence-electron chi connectivity index (χ3n) is 1.16. The third-order valence-corrected chi connectivity index (χ3v) is 1.98. The fourth-order valence-corrected chi connectivity index (χ4v) is 1.19. The Labute approximate surface area is 86.6 Å². The highest BCUT2D eigenvalue weighted by Gasteiger charge is 2.12. The molecular weight excluding hydrogens is 204 g/mol. The monoisotopic (exact) mass is 219 g/mol. The highest BCUT2D eigenvalue weighted by Crippen LogP contribution is 1.88. The van der Waals surface area contributed by atoms with Gasteiger partial charge in [-0.2, -0.15) is 0 Å². The van der Waals surface area contributed by atoms with Crippen molar-refractivity contribution in [1.29, 1.82) is 0 Å². The van der Waals surface area contributed by atoms with E-state index in [2.05, 4.69) is 11.3 Å². The van der Waals surface area contributed by atoms with E-state index >= 15 is 0 Å². The summed E-state index contributed by atoms with van der Waals surface area (Å²) in [5, 5.41) is 0. The molecule has 0 fully saturated rings. The van der Waals surface area contributed by atoms with Crippen molar-refractivity contribution in [3.8, 4) is 0 Å². The number of carbonyl (C=O) groups excluding carboxylic acids is 2. The van der Waals surface area contributed by atoms with Gasteiger partial charge in [-0.25, -0.2) is 9.59 Å². The van der Waals surface area contributed by atoms with Crippen LogP contribution in [0.1, 0.15) is 0 Å². The van der Waals surface area contributed by atoms with E-state index in [0.29, 0.717) is 5.75 Å². The zero-order chi connectivity index (χ0) is 11.0. The van der Waals surface area contributed by atoms with Crippen LogP contribution in [0.2, 0.25) is 0 Å². The molecule has 0 radical (unpaired) electrons. The molecule has 0 aromatic rings. The van der Waals surface area contributed by atoms with Crippen molar-refractivity contribution in [2.75, 3.05) is 31.5 Å². The molecule has 0 aromatic heterocycles. The molecule has 0 aliphatic heterocycles. The van der Waals surface area contributed by atoms with Gasteiger partial charge in [-0.1, -0.05) is 6.58 Å². The van der Waals surface area contributed by atoms with Gasteiger partial charge < -0.3 is 9.47 Å². The van der Waals surface area contributed by atoms with Gasteiger partial charge in [0.25, 0.3) is 0 Å². The first-order valence-corrected chi connectivity index (χ1v) is 6.26. The molecule has 5 heteroatoms. The second-order valence-corrected chi connectivity index (χ2v) is 4.98. The lowest BCUT2D eigenvalue weighted by Crippen LogP contribution is -2.19. The van der Waals surface area contributed by atoms with Crippen LogP contribution in [-0.2, 0) is 30.0 Å². The zero-order valence-corrected chi connectivity index (χ0v) is 9.26. The van der Waals surface area contributed by atoms with Crippen LogP contribution in [0, 0.1) is 0 Å². The molecule has 0 spiro atoms. The standard InChI is InChI=1S/C9H15O4S/c1-4-8(10)12-5-6-13-9(11)7-14(2)3/h4H,1,5-7H2,2-3H3/q+1. The van der Waals surface area contributed by atoms with Gasteiger partial charge in [0.1, 0.15) is 13.2 Å². The molecule has 0 heterocycles. The molecule has 14 heavy (non-hydrogen) atoms. The molecule has 0 bridgehead atoms. The molecule has 0 N–H and O–H groups in total. The number of rotatable bonds is 6. The lowest BCUT2D eigenvalue weighted by molar-refractivity contribution is -0.147. The Hall–Kier alpha value is -0.970. The van der Waals surface area contributed by atoms with Crippen molar-refractivity contribution >= 4 is 22.8 Å². The minimum atomic E-state index is -0.508. The molecule has 0 aliphatic rings. The average molecular weight is 219 g/mol. The van der Waals surface area contributed by atoms with Gasteiger partial charge in [-0.15, -0.1) is 0 Å². The zero-order valence-electron chi connectivity index (χ0n) is 8.45. The second kappa shape index (κ2) is 7.44. The summed E-state index contributed by atoms with van der Waals surface area (Å²) in [5.74, 6) is -0.352. The summed E-state index contributed by atoms with van der Waals surface area (Å²) in [6.07, 6.45) is 4.98. The lowest BCUT2D eigenvalue weighted by Gasteiger charge is -2.03. The van der Waals surface area contributed by atoms with Gasteiger partial charge >= 0.3 is 11.9 Å². The highest BCUT2D eigenvalue weighted by atomic mass is 32.2. The number of hydrogen-bond acceptors (Lipinski definition) is 4. The highest BCUT2D eigenvalue weighted by molar-refractivity contribution is 7.96. The first-order chi connectivity index (χ1) is 6.56. The first-order valence-electron chi connectivity index (χ1n) is 4.05. The van der Waals surface area contributed by atoms with Crippen molar-refractivity contribution < 1.29 is 19.1 Å². The van der Waals surface area contributed by atoms with Crippen LogP contribution in [0.25, 0.3) is 0 Å². The van der Waals surface area contributed by atoms with Gasteiger partial charge in [0.2, 0.25) is 5.75 Å². The van der Waals surface area contributed by atoms with E-state index in [1.165, 1.54) is 0 Å². The Morgan fingerprint density at radius 1 is 1.29 bits per heavy atom. The number of hydrogen-bond donors (Lipinski definition) is 0. The molecule has 0 aromatic carbocycles. The van der Waals surface area contributed by atoms with Gasteiger partial charge in [0, 0.05) is 6.08 Å². The Morgan fingerprint density at radius 2 is 1.86 bits per heavy atom. The molecular formula is C9H15O4S+. The van der Waals surface area contributed by atoms with Crippen molar-refractivity contribution in [3.63, 3.8) is 0 Å². The average Bonchev–Trinajstić information content (AvgIpc) is 2.10. The Balaban J connectivity index is 3.40. The molecule has 0 saturated carbocycles. The van der Waals surface area contributed by atoms with Gasteiger partial charge in [-0.3, -0.25) is 0 Å². The van der Waals surface area contributed by atoms with Crippen molar-refractivity contribution in [2.24, 2.45) is 0 Å². The van der Waals surface area contributed by atoms with E-state index < -0.39 is 5.97 Å². The van der Waals surface area contributed by atoms with E-state index in [1.54, 1.807) is 0 Å². The van der Waals surface area contributed by atoms with Crippen LogP contribution < -0.4 is 0 Å². The maximum Gasteiger partial charge on any atom is 0.356 e. The largest absolute Gasteiger partial charge is 0.459 e. The van der Waals surface area contributed by atoms with E-state index in [9.17, 15) is 9.59 Å². The van der Waals surface area contributed by atoms with Crippen LogP contribution in [0.5, 0.6) is 0 Å². The molecule has 4 nitrogen and oxygen atoms in total. The molecule has 0 saturated heterocycles. The predicted octanol–water partition coefficient (Wildman–Crippen LogP) is 0.137. The van der Waals surface area contributed by atoms with Crippen molar-refractivity contribution in [3.05, 3.63) is 12.7 Å². The lowest BCUT2D eigenvalue weighted by atomic mass is 10.6. The fraction of sp³-hybridized carbons (Fsp3) is 0.556. The first kappa shape index (κ1) is 13.0. The third kappa shape index (κ3) is 7.67. The van der Waals surface area contributed by atoms with Crippen LogP contribution >= 0.6 is 0 Å². The van der Waals surface area contributed by atoms with Gasteiger partial charge in [0.15, 0.2) is 0 Å². The van der Waals surface area contributed by atoms with Crippen LogP contribution in [-0.4, -0.2) is 43.4 Å². The molecule has 80 valence electrons. The number of ether oxygens (including phenoxy) is 2. The van der Waals surface area contributed by atoms with Gasteiger partial charge in [0.05, 0.1) is 12.5 Å². The van der Waals surface area contributed by atoms with Crippen LogP contribution in [0.3, 0.4) is 0 Å². The Morgan fingerprint density at radius 3 is 2.36 bits per heavy atom. The molecule has 0 atom stereocenters.